The summed E-state index contributed by atoms with van der Waals surface area (Å²) >= 11 is 0. The van der Waals surface area contributed by atoms with Gasteiger partial charge in [-0.1, -0.05) is 12.1 Å². The molecule has 2 aromatic rings. The van der Waals surface area contributed by atoms with E-state index in [1.807, 2.05) is 32.3 Å². The fourth-order valence-corrected chi connectivity index (χ4v) is 2.92. The molecule has 158 valence electrons. The maximum Gasteiger partial charge on any atom is 0.258 e. The molecule has 2 amide bonds. The SMILES string of the molecule is CNC(C(=O)NC(C)c1ccc(OCC(=O)NC2CC2)cc1)c1cnn(C)c1.Cl. The second kappa shape index (κ2) is 10.3. The topological polar surface area (TPSA) is 97.3 Å². The van der Waals surface area contributed by atoms with Gasteiger partial charge in [-0.15, -0.1) is 12.4 Å². The van der Waals surface area contributed by atoms with E-state index in [1.165, 1.54) is 0 Å². The molecule has 0 radical (unpaired) electrons. The van der Waals surface area contributed by atoms with Crippen LogP contribution in [0.25, 0.3) is 0 Å². The van der Waals surface area contributed by atoms with Crippen molar-refractivity contribution < 1.29 is 14.3 Å². The number of likely N-dealkylation sites (N-methyl/N-ethyl adjacent to an activating group) is 1. The Morgan fingerprint density at radius 2 is 1.93 bits per heavy atom. The number of halogens is 1. The number of carbonyl (C=O) groups is 2. The van der Waals surface area contributed by atoms with Crippen molar-refractivity contribution in [2.75, 3.05) is 13.7 Å². The average molecular weight is 422 g/mol. The van der Waals surface area contributed by atoms with Crippen molar-refractivity contribution in [1.29, 1.82) is 0 Å². The van der Waals surface area contributed by atoms with Crippen LogP contribution in [0, 0.1) is 0 Å². The Morgan fingerprint density at radius 1 is 1.24 bits per heavy atom. The van der Waals surface area contributed by atoms with Crippen molar-refractivity contribution in [3.8, 4) is 5.75 Å². The molecule has 0 spiro atoms. The second-order valence-electron chi connectivity index (χ2n) is 7.10. The van der Waals surface area contributed by atoms with E-state index in [0.29, 0.717) is 11.8 Å². The van der Waals surface area contributed by atoms with Crippen LogP contribution in [0.5, 0.6) is 5.75 Å². The number of aromatic nitrogens is 2. The molecule has 8 nitrogen and oxygen atoms in total. The van der Waals surface area contributed by atoms with Crippen LogP contribution in [0.3, 0.4) is 0 Å². The van der Waals surface area contributed by atoms with Crippen molar-refractivity contribution in [2.24, 2.45) is 7.05 Å². The first-order chi connectivity index (χ1) is 13.5. The van der Waals surface area contributed by atoms with Gasteiger partial charge in [0, 0.05) is 24.8 Å². The van der Waals surface area contributed by atoms with Gasteiger partial charge in [0.1, 0.15) is 11.8 Å². The minimum atomic E-state index is -0.469. The smallest absolute Gasteiger partial charge is 0.258 e. The summed E-state index contributed by atoms with van der Waals surface area (Å²) in [7, 11) is 3.56. The number of ether oxygens (including phenoxy) is 1. The van der Waals surface area contributed by atoms with Gasteiger partial charge in [-0.3, -0.25) is 14.3 Å². The van der Waals surface area contributed by atoms with Crippen molar-refractivity contribution in [3.05, 3.63) is 47.8 Å². The average Bonchev–Trinajstić information content (AvgIpc) is 3.39. The van der Waals surface area contributed by atoms with Gasteiger partial charge in [0.05, 0.1) is 12.2 Å². The number of nitrogens with zero attached hydrogens (tertiary/aromatic N) is 2. The lowest BCUT2D eigenvalue weighted by Crippen LogP contribution is -2.37. The first-order valence-corrected chi connectivity index (χ1v) is 9.44. The third-order valence-corrected chi connectivity index (χ3v) is 4.66. The highest BCUT2D eigenvalue weighted by Crippen LogP contribution is 2.20. The number of benzene rings is 1. The van der Waals surface area contributed by atoms with Gasteiger partial charge >= 0.3 is 0 Å². The Hall–Kier alpha value is -2.58. The molecule has 2 unspecified atom stereocenters. The summed E-state index contributed by atoms with van der Waals surface area (Å²) in [5.74, 6) is 0.400. The normalized spacial score (nSPS) is 15.0. The Balaban J connectivity index is 0.00000300. The summed E-state index contributed by atoms with van der Waals surface area (Å²) in [6.07, 6.45) is 5.60. The van der Waals surface area contributed by atoms with Gasteiger partial charge in [-0.25, -0.2) is 0 Å². The van der Waals surface area contributed by atoms with Crippen LogP contribution >= 0.6 is 12.4 Å². The van der Waals surface area contributed by atoms with Crippen LogP contribution in [-0.4, -0.2) is 41.3 Å². The van der Waals surface area contributed by atoms with Crippen LogP contribution in [-0.2, 0) is 16.6 Å². The summed E-state index contributed by atoms with van der Waals surface area (Å²) in [6.45, 7) is 1.93. The van der Waals surface area contributed by atoms with Crippen LogP contribution in [0.1, 0.15) is 43.0 Å². The molecule has 1 aliphatic carbocycles. The fourth-order valence-electron chi connectivity index (χ4n) is 2.92. The summed E-state index contributed by atoms with van der Waals surface area (Å²) in [4.78, 5) is 24.3. The predicted molar refractivity (Wildman–Crippen MR) is 112 cm³/mol. The zero-order valence-corrected chi connectivity index (χ0v) is 17.7. The molecule has 1 saturated carbocycles. The van der Waals surface area contributed by atoms with E-state index in [2.05, 4.69) is 21.0 Å². The summed E-state index contributed by atoms with van der Waals surface area (Å²) in [5.41, 5.74) is 1.76. The molecular weight excluding hydrogens is 394 g/mol. The Labute approximate surface area is 176 Å². The Morgan fingerprint density at radius 3 is 2.48 bits per heavy atom. The molecular formula is C20H28ClN5O3. The van der Waals surface area contributed by atoms with E-state index in [0.717, 1.165) is 24.0 Å². The van der Waals surface area contributed by atoms with Gasteiger partial charge in [0.2, 0.25) is 5.91 Å². The van der Waals surface area contributed by atoms with E-state index >= 15 is 0 Å². The zero-order chi connectivity index (χ0) is 20.1. The molecule has 3 N–H and O–H groups in total. The van der Waals surface area contributed by atoms with Gasteiger partial charge in [-0.05, 0) is 44.5 Å². The number of amides is 2. The van der Waals surface area contributed by atoms with Crippen LogP contribution in [0.15, 0.2) is 36.7 Å². The van der Waals surface area contributed by atoms with Crippen LogP contribution in [0.2, 0.25) is 0 Å². The van der Waals surface area contributed by atoms with Gasteiger partial charge < -0.3 is 20.7 Å². The predicted octanol–water partition coefficient (Wildman–Crippen LogP) is 1.64. The summed E-state index contributed by atoms with van der Waals surface area (Å²) < 4.78 is 7.18. The molecule has 1 aliphatic rings. The van der Waals surface area contributed by atoms with Crippen molar-refractivity contribution in [1.82, 2.24) is 25.7 Å². The molecule has 29 heavy (non-hydrogen) atoms. The summed E-state index contributed by atoms with van der Waals surface area (Å²) in [5, 5.41) is 13.0. The number of aryl methyl sites for hydroxylation is 1. The monoisotopic (exact) mass is 421 g/mol. The summed E-state index contributed by atoms with van der Waals surface area (Å²) in [6, 6.07) is 7.07. The number of hydrogen-bond donors (Lipinski definition) is 3. The highest BCUT2D eigenvalue weighted by molar-refractivity contribution is 5.85. The van der Waals surface area contributed by atoms with E-state index in [9.17, 15) is 9.59 Å². The Bertz CT molecular complexity index is 820. The van der Waals surface area contributed by atoms with E-state index in [-0.39, 0.29) is 36.9 Å². The quantitative estimate of drug-likeness (QED) is 0.571. The first-order valence-electron chi connectivity index (χ1n) is 9.44. The van der Waals surface area contributed by atoms with E-state index in [4.69, 9.17) is 4.74 Å². The number of hydrogen-bond acceptors (Lipinski definition) is 5. The molecule has 0 aliphatic heterocycles. The standard InChI is InChI=1S/C20H27N5O3.ClH/c1-13(23-20(27)19(21-2)15-10-22-25(3)11-15)14-4-8-17(9-5-14)28-12-18(26)24-16-6-7-16;/h4-5,8-11,13,16,19,21H,6-7,12H2,1-3H3,(H,23,27)(H,24,26);1H. The molecule has 2 atom stereocenters. The van der Waals surface area contributed by atoms with Crippen molar-refractivity contribution >= 4 is 24.2 Å². The van der Waals surface area contributed by atoms with Gasteiger partial charge in [0.25, 0.3) is 5.91 Å². The molecule has 1 heterocycles. The molecule has 0 bridgehead atoms. The highest BCUT2D eigenvalue weighted by Gasteiger charge is 2.23. The van der Waals surface area contributed by atoms with Crippen LogP contribution in [0.4, 0.5) is 0 Å². The molecule has 3 rings (SSSR count). The number of rotatable bonds is 9. The lowest BCUT2D eigenvalue weighted by Gasteiger charge is -2.19. The largest absolute Gasteiger partial charge is 0.484 e. The molecule has 1 aromatic heterocycles. The third-order valence-electron chi connectivity index (χ3n) is 4.66. The zero-order valence-electron chi connectivity index (χ0n) is 16.8. The lowest BCUT2D eigenvalue weighted by atomic mass is 10.1. The maximum atomic E-state index is 12.6. The van der Waals surface area contributed by atoms with Crippen molar-refractivity contribution in [2.45, 2.75) is 37.9 Å². The number of nitrogens with one attached hydrogen (secondary N) is 3. The van der Waals surface area contributed by atoms with Gasteiger partial charge in [0.15, 0.2) is 6.61 Å². The highest BCUT2D eigenvalue weighted by atomic mass is 35.5. The minimum absolute atomic E-state index is 0. The minimum Gasteiger partial charge on any atom is -0.484 e. The molecule has 0 saturated heterocycles. The molecule has 1 fully saturated rings. The molecule has 1 aromatic carbocycles. The van der Waals surface area contributed by atoms with E-state index < -0.39 is 6.04 Å². The van der Waals surface area contributed by atoms with Crippen LogP contribution < -0.4 is 20.7 Å². The first kappa shape index (κ1) is 22.7. The third kappa shape index (κ3) is 6.47. The lowest BCUT2D eigenvalue weighted by molar-refractivity contribution is -0.124. The Kier molecular flexibility index (Phi) is 8.04. The molecule has 9 heteroatoms. The fraction of sp³-hybridized carbons (Fsp3) is 0.450. The second-order valence-corrected chi connectivity index (χ2v) is 7.10. The van der Waals surface area contributed by atoms with Crippen molar-refractivity contribution in [3.63, 3.8) is 0 Å². The van der Waals surface area contributed by atoms with E-state index in [1.54, 1.807) is 30.1 Å². The van der Waals surface area contributed by atoms with Gasteiger partial charge in [-0.2, -0.15) is 5.10 Å². The maximum absolute atomic E-state index is 12.6. The number of carbonyl (C=O) groups excluding carboxylic acids is 2.